The number of methoxy groups -OCH3 is 1. The van der Waals surface area contributed by atoms with Crippen LogP contribution in [0, 0.1) is 0 Å². The van der Waals surface area contributed by atoms with Gasteiger partial charge in [0.1, 0.15) is 0 Å². The van der Waals surface area contributed by atoms with Crippen LogP contribution in [0.15, 0.2) is 17.2 Å². The quantitative estimate of drug-likeness (QED) is 0.636. The summed E-state index contributed by atoms with van der Waals surface area (Å²) in [6, 6.07) is 0. The van der Waals surface area contributed by atoms with Gasteiger partial charge in [0.2, 0.25) is 0 Å². The van der Waals surface area contributed by atoms with Crippen LogP contribution in [0.1, 0.15) is 0 Å². The lowest BCUT2D eigenvalue weighted by Crippen LogP contribution is -2.18. The Morgan fingerprint density at radius 2 is 2.60 bits per heavy atom. The van der Waals surface area contributed by atoms with Crippen LogP contribution in [-0.2, 0) is 11.3 Å². The van der Waals surface area contributed by atoms with Crippen molar-refractivity contribution >= 4 is 0 Å². The molecule has 1 heterocycles. The van der Waals surface area contributed by atoms with Gasteiger partial charge in [-0.15, -0.1) is 0 Å². The molecule has 0 bridgehead atoms. The number of hydrogen-bond acceptors (Lipinski definition) is 2. The Kier molecular flexibility index (Phi) is 2.28. The highest BCUT2D eigenvalue weighted by Gasteiger charge is 1.92. The van der Waals surface area contributed by atoms with E-state index in [1.807, 2.05) is 0 Å². The minimum atomic E-state index is -0.0861. The zero-order chi connectivity index (χ0) is 7.40. The van der Waals surface area contributed by atoms with E-state index in [0.717, 1.165) is 0 Å². The number of imidazole rings is 1. The molecule has 10 heavy (non-hydrogen) atoms. The van der Waals surface area contributed by atoms with Crippen molar-refractivity contribution in [3.63, 3.8) is 0 Å². The molecule has 56 valence electrons. The predicted molar refractivity (Wildman–Crippen MR) is 36.9 cm³/mol. The normalized spacial score (nSPS) is 10.1. The van der Waals surface area contributed by atoms with Crippen molar-refractivity contribution in [2.45, 2.75) is 6.54 Å². The number of ether oxygens (including phenoxy) is 1. The summed E-state index contributed by atoms with van der Waals surface area (Å²) >= 11 is 0. The molecule has 0 aromatic carbocycles. The minimum absolute atomic E-state index is 0.0861. The molecule has 0 saturated carbocycles. The first kappa shape index (κ1) is 7.08. The molecule has 0 radical (unpaired) electrons. The fraction of sp³-hybridized carbons (Fsp3) is 0.500. The molecule has 0 spiro atoms. The molecule has 0 aliphatic carbocycles. The predicted octanol–water partition coefficient (Wildman–Crippen LogP) is -0.177. The summed E-state index contributed by atoms with van der Waals surface area (Å²) in [6.45, 7) is 1.18. The van der Waals surface area contributed by atoms with Crippen LogP contribution in [-0.4, -0.2) is 23.3 Å². The lowest BCUT2D eigenvalue weighted by molar-refractivity contribution is 0.186. The van der Waals surface area contributed by atoms with Crippen molar-refractivity contribution in [1.29, 1.82) is 0 Å². The molecule has 1 rings (SSSR count). The van der Waals surface area contributed by atoms with Crippen LogP contribution in [0.5, 0.6) is 0 Å². The second-order valence-corrected chi connectivity index (χ2v) is 1.95. The molecule has 4 heteroatoms. The Morgan fingerprint density at radius 3 is 3.10 bits per heavy atom. The fourth-order valence-electron chi connectivity index (χ4n) is 0.715. The van der Waals surface area contributed by atoms with Gasteiger partial charge in [0.05, 0.1) is 13.2 Å². The highest BCUT2D eigenvalue weighted by atomic mass is 16.5. The summed E-state index contributed by atoms with van der Waals surface area (Å²) in [4.78, 5) is 13.3. The molecule has 0 fully saturated rings. The molecule has 0 atom stereocenters. The van der Waals surface area contributed by atoms with Gasteiger partial charge in [-0.1, -0.05) is 0 Å². The van der Waals surface area contributed by atoms with E-state index in [1.165, 1.54) is 0 Å². The van der Waals surface area contributed by atoms with Crippen LogP contribution in [0.4, 0.5) is 0 Å². The van der Waals surface area contributed by atoms with E-state index >= 15 is 0 Å². The number of nitrogens with zero attached hydrogens (tertiary/aromatic N) is 1. The Balaban J connectivity index is 2.57. The maximum absolute atomic E-state index is 10.8. The van der Waals surface area contributed by atoms with Crippen molar-refractivity contribution in [3.05, 3.63) is 22.9 Å². The zero-order valence-corrected chi connectivity index (χ0v) is 5.83. The Bertz CT molecular complexity index is 238. The number of aromatic nitrogens is 2. The first-order valence-corrected chi connectivity index (χ1v) is 3.07. The highest BCUT2D eigenvalue weighted by molar-refractivity contribution is 4.75. The third-order valence-corrected chi connectivity index (χ3v) is 1.26. The number of hydrogen-bond donors (Lipinski definition) is 1. The van der Waals surface area contributed by atoms with Gasteiger partial charge in [0.25, 0.3) is 0 Å². The lowest BCUT2D eigenvalue weighted by atomic mass is 10.7. The lowest BCUT2D eigenvalue weighted by Gasteiger charge is -1.96. The number of aromatic amines is 1. The molecule has 4 nitrogen and oxygen atoms in total. The van der Waals surface area contributed by atoms with Crippen molar-refractivity contribution in [3.8, 4) is 0 Å². The monoisotopic (exact) mass is 142 g/mol. The Labute approximate surface area is 58.4 Å². The summed E-state index contributed by atoms with van der Waals surface area (Å²) in [6.07, 6.45) is 3.30. The van der Waals surface area contributed by atoms with Gasteiger partial charge in [0, 0.05) is 19.5 Å². The summed E-state index contributed by atoms with van der Waals surface area (Å²) < 4.78 is 6.36. The standard InChI is InChI=1S/C6H10N2O2/c1-10-5-4-8-3-2-7-6(8)9/h2-3H,4-5H2,1H3,(H,7,9). The third-order valence-electron chi connectivity index (χ3n) is 1.26. The van der Waals surface area contributed by atoms with E-state index in [2.05, 4.69) is 4.98 Å². The van der Waals surface area contributed by atoms with E-state index in [4.69, 9.17) is 4.74 Å². The van der Waals surface area contributed by atoms with Crippen molar-refractivity contribution in [2.75, 3.05) is 13.7 Å². The van der Waals surface area contributed by atoms with Gasteiger partial charge in [-0.3, -0.25) is 4.57 Å². The van der Waals surface area contributed by atoms with E-state index in [1.54, 1.807) is 24.1 Å². The summed E-state index contributed by atoms with van der Waals surface area (Å²) in [5.74, 6) is 0. The van der Waals surface area contributed by atoms with Gasteiger partial charge in [-0.05, 0) is 0 Å². The molecular weight excluding hydrogens is 132 g/mol. The fourth-order valence-corrected chi connectivity index (χ4v) is 0.715. The van der Waals surface area contributed by atoms with Crippen molar-refractivity contribution in [2.24, 2.45) is 0 Å². The second kappa shape index (κ2) is 3.22. The van der Waals surface area contributed by atoms with E-state index in [-0.39, 0.29) is 5.69 Å². The first-order chi connectivity index (χ1) is 4.84. The topological polar surface area (TPSA) is 47.0 Å². The molecular formula is C6H10N2O2. The molecule has 0 amide bonds. The van der Waals surface area contributed by atoms with Crippen molar-refractivity contribution < 1.29 is 4.74 Å². The number of nitrogens with one attached hydrogen (secondary N) is 1. The van der Waals surface area contributed by atoms with Crippen LogP contribution in [0.25, 0.3) is 0 Å². The Hall–Kier alpha value is -1.03. The smallest absolute Gasteiger partial charge is 0.325 e. The van der Waals surface area contributed by atoms with Gasteiger partial charge >= 0.3 is 5.69 Å². The van der Waals surface area contributed by atoms with Gasteiger partial charge in [-0.2, -0.15) is 0 Å². The molecule has 1 aromatic heterocycles. The second-order valence-electron chi connectivity index (χ2n) is 1.95. The summed E-state index contributed by atoms with van der Waals surface area (Å²) in [5, 5.41) is 0. The van der Waals surface area contributed by atoms with Crippen LogP contribution >= 0.6 is 0 Å². The molecule has 0 saturated heterocycles. The van der Waals surface area contributed by atoms with Crippen LogP contribution < -0.4 is 5.69 Å². The first-order valence-electron chi connectivity index (χ1n) is 3.07. The molecule has 1 aromatic rings. The average Bonchev–Trinajstić information content (AvgIpc) is 2.31. The van der Waals surface area contributed by atoms with Gasteiger partial charge < -0.3 is 9.72 Å². The maximum Gasteiger partial charge on any atom is 0.325 e. The average molecular weight is 142 g/mol. The number of H-pyrrole nitrogens is 1. The number of rotatable bonds is 3. The van der Waals surface area contributed by atoms with E-state index in [0.29, 0.717) is 13.2 Å². The summed E-state index contributed by atoms with van der Waals surface area (Å²) in [7, 11) is 1.61. The summed E-state index contributed by atoms with van der Waals surface area (Å²) in [5.41, 5.74) is -0.0861. The largest absolute Gasteiger partial charge is 0.383 e. The zero-order valence-electron chi connectivity index (χ0n) is 5.83. The van der Waals surface area contributed by atoms with Crippen LogP contribution in [0.3, 0.4) is 0 Å². The molecule has 1 N–H and O–H groups in total. The minimum Gasteiger partial charge on any atom is -0.383 e. The third kappa shape index (κ3) is 1.48. The SMILES string of the molecule is COCCn1cc[nH]c1=O. The van der Waals surface area contributed by atoms with Crippen molar-refractivity contribution in [1.82, 2.24) is 9.55 Å². The molecule has 0 aliphatic heterocycles. The molecule has 0 aliphatic rings. The van der Waals surface area contributed by atoms with Gasteiger partial charge in [0.15, 0.2) is 0 Å². The maximum atomic E-state index is 10.8. The molecule has 0 unspecified atom stereocenters. The van der Waals surface area contributed by atoms with Gasteiger partial charge in [-0.25, -0.2) is 4.79 Å². The van der Waals surface area contributed by atoms with E-state index in [9.17, 15) is 4.79 Å². The van der Waals surface area contributed by atoms with Crippen LogP contribution in [0.2, 0.25) is 0 Å². The van der Waals surface area contributed by atoms with E-state index < -0.39 is 0 Å². The Morgan fingerprint density at radius 1 is 1.80 bits per heavy atom. The highest BCUT2D eigenvalue weighted by Crippen LogP contribution is 1.78.